The van der Waals surface area contributed by atoms with Crippen molar-refractivity contribution in [3.05, 3.63) is 12.3 Å². The van der Waals surface area contributed by atoms with Gasteiger partial charge in [0.1, 0.15) is 0 Å². The molecule has 0 radical (unpaired) electrons. The Morgan fingerprint density at radius 2 is 2.20 bits per heavy atom. The van der Waals surface area contributed by atoms with Gasteiger partial charge in [0.25, 0.3) is 10.0 Å². The molecule has 1 aromatic heterocycles. The zero-order valence-corrected chi connectivity index (χ0v) is 11.7. The molecule has 112 valence electrons. The number of H-pyrrole nitrogens is 1. The van der Waals surface area contributed by atoms with E-state index in [4.69, 9.17) is 9.84 Å². The summed E-state index contributed by atoms with van der Waals surface area (Å²) in [5, 5.41) is 14.7. The molecular weight excluding hydrogens is 286 g/mol. The SMILES string of the molecule is O=C(O)CCOC1CCN(S(=O)(=O)c2ccn[nH]2)CC1. The van der Waals surface area contributed by atoms with E-state index in [0.29, 0.717) is 25.9 Å². The van der Waals surface area contributed by atoms with Gasteiger partial charge in [-0.15, -0.1) is 0 Å². The molecule has 2 N–H and O–H groups in total. The van der Waals surface area contributed by atoms with Gasteiger partial charge in [-0.2, -0.15) is 9.40 Å². The predicted octanol–water partition coefficient (Wildman–Crippen LogP) is 0.0541. The molecule has 1 aliphatic rings. The van der Waals surface area contributed by atoms with Crippen LogP contribution in [-0.2, 0) is 19.6 Å². The zero-order chi connectivity index (χ0) is 14.6. The maximum absolute atomic E-state index is 12.2. The summed E-state index contributed by atoms with van der Waals surface area (Å²) in [4.78, 5) is 10.4. The van der Waals surface area contributed by atoms with Crippen molar-refractivity contribution in [1.82, 2.24) is 14.5 Å². The third kappa shape index (κ3) is 3.56. The van der Waals surface area contributed by atoms with E-state index in [1.807, 2.05) is 0 Å². The number of ether oxygens (including phenoxy) is 1. The van der Waals surface area contributed by atoms with Crippen LogP contribution in [0.1, 0.15) is 19.3 Å². The number of aromatic amines is 1. The number of aliphatic carboxylic acids is 1. The topological polar surface area (TPSA) is 113 Å². The zero-order valence-electron chi connectivity index (χ0n) is 10.9. The van der Waals surface area contributed by atoms with E-state index in [1.165, 1.54) is 16.6 Å². The highest BCUT2D eigenvalue weighted by Crippen LogP contribution is 2.20. The van der Waals surface area contributed by atoms with E-state index in [9.17, 15) is 13.2 Å². The van der Waals surface area contributed by atoms with Crippen molar-refractivity contribution >= 4 is 16.0 Å². The fourth-order valence-electron chi connectivity index (χ4n) is 2.08. The normalized spacial score (nSPS) is 18.2. The van der Waals surface area contributed by atoms with Crippen LogP contribution < -0.4 is 0 Å². The number of sulfonamides is 1. The monoisotopic (exact) mass is 303 g/mol. The van der Waals surface area contributed by atoms with Crippen LogP contribution in [0, 0.1) is 0 Å². The van der Waals surface area contributed by atoms with Gasteiger partial charge in [-0.05, 0) is 18.9 Å². The molecule has 0 amide bonds. The number of hydrogen-bond donors (Lipinski definition) is 2. The Hall–Kier alpha value is -1.45. The van der Waals surface area contributed by atoms with Crippen molar-refractivity contribution in [2.45, 2.75) is 30.4 Å². The van der Waals surface area contributed by atoms with Gasteiger partial charge in [0.05, 0.1) is 25.3 Å². The van der Waals surface area contributed by atoms with E-state index in [0.717, 1.165) is 0 Å². The Bertz CT molecular complexity index is 534. The van der Waals surface area contributed by atoms with Gasteiger partial charge in [0.2, 0.25) is 0 Å². The molecule has 0 unspecified atom stereocenters. The molecule has 0 aliphatic carbocycles. The number of hydrogen-bond acceptors (Lipinski definition) is 5. The Kier molecular flexibility index (Phi) is 4.73. The highest BCUT2D eigenvalue weighted by molar-refractivity contribution is 7.89. The molecule has 9 heteroatoms. The second-order valence-electron chi connectivity index (χ2n) is 4.54. The molecule has 20 heavy (non-hydrogen) atoms. The molecular formula is C11H17N3O5S. The number of piperidine rings is 1. The number of aromatic nitrogens is 2. The highest BCUT2D eigenvalue weighted by Gasteiger charge is 2.30. The fourth-order valence-corrected chi connectivity index (χ4v) is 3.45. The first-order valence-electron chi connectivity index (χ1n) is 6.33. The molecule has 0 spiro atoms. The van der Waals surface area contributed by atoms with E-state index < -0.39 is 16.0 Å². The third-order valence-corrected chi connectivity index (χ3v) is 4.99. The third-order valence-electron chi connectivity index (χ3n) is 3.16. The Morgan fingerprint density at radius 1 is 1.50 bits per heavy atom. The molecule has 1 aromatic rings. The Labute approximate surface area is 116 Å². The van der Waals surface area contributed by atoms with E-state index in [2.05, 4.69) is 10.2 Å². The molecule has 1 saturated heterocycles. The first-order chi connectivity index (χ1) is 9.50. The Morgan fingerprint density at radius 3 is 2.75 bits per heavy atom. The fraction of sp³-hybridized carbons (Fsp3) is 0.636. The molecule has 2 rings (SSSR count). The standard InChI is InChI=1S/C11H17N3O5S/c15-11(16)4-8-19-9-2-6-14(7-3-9)20(17,18)10-1-5-12-13-10/h1,5,9H,2-4,6-8H2,(H,12,13)(H,15,16). The first-order valence-corrected chi connectivity index (χ1v) is 7.77. The van der Waals surface area contributed by atoms with Crippen LogP contribution in [0.15, 0.2) is 17.3 Å². The average Bonchev–Trinajstić information content (AvgIpc) is 2.93. The number of nitrogens with zero attached hydrogens (tertiary/aromatic N) is 2. The van der Waals surface area contributed by atoms with E-state index in [1.54, 1.807) is 0 Å². The summed E-state index contributed by atoms with van der Waals surface area (Å²) in [6, 6.07) is 1.42. The highest BCUT2D eigenvalue weighted by atomic mass is 32.2. The van der Waals surface area contributed by atoms with Gasteiger partial charge < -0.3 is 9.84 Å². The molecule has 0 bridgehead atoms. The quantitative estimate of drug-likeness (QED) is 0.768. The lowest BCUT2D eigenvalue weighted by Gasteiger charge is -2.30. The van der Waals surface area contributed by atoms with Crippen LogP contribution in [0.25, 0.3) is 0 Å². The van der Waals surface area contributed by atoms with Gasteiger partial charge in [-0.25, -0.2) is 8.42 Å². The van der Waals surface area contributed by atoms with Crippen molar-refractivity contribution in [2.24, 2.45) is 0 Å². The Balaban J connectivity index is 1.84. The average molecular weight is 303 g/mol. The number of rotatable bonds is 6. The summed E-state index contributed by atoms with van der Waals surface area (Å²) >= 11 is 0. The molecule has 0 saturated carbocycles. The second kappa shape index (κ2) is 6.33. The van der Waals surface area contributed by atoms with Crippen molar-refractivity contribution in [3.8, 4) is 0 Å². The summed E-state index contributed by atoms with van der Waals surface area (Å²) in [5.41, 5.74) is 0. The largest absolute Gasteiger partial charge is 0.481 e. The summed E-state index contributed by atoms with van der Waals surface area (Å²) < 4.78 is 31.2. The van der Waals surface area contributed by atoms with E-state index in [-0.39, 0.29) is 24.2 Å². The first kappa shape index (κ1) is 14.9. The predicted molar refractivity (Wildman–Crippen MR) is 68.6 cm³/mol. The van der Waals surface area contributed by atoms with Gasteiger partial charge >= 0.3 is 5.97 Å². The lowest BCUT2D eigenvalue weighted by Crippen LogP contribution is -2.41. The minimum absolute atomic E-state index is 0.0351. The van der Waals surface area contributed by atoms with Gasteiger partial charge in [0.15, 0.2) is 5.03 Å². The number of carboxylic acids is 1. The van der Waals surface area contributed by atoms with Crippen LogP contribution in [0.3, 0.4) is 0 Å². The molecule has 1 aliphatic heterocycles. The number of carbonyl (C=O) groups is 1. The van der Waals surface area contributed by atoms with Gasteiger partial charge in [0, 0.05) is 13.1 Å². The van der Waals surface area contributed by atoms with Crippen molar-refractivity contribution in [1.29, 1.82) is 0 Å². The summed E-state index contributed by atoms with van der Waals surface area (Å²) in [5.74, 6) is -0.899. The second-order valence-corrected chi connectivity index (χ2v) is 6.45. The lowest BCUT2D eigenvalue weighted by molar-refractivity contribution is -0.138. The maximum Gasteiger partial charge on any atom is 0.305 e. The molecule has 2 heterocycles. The van der Waals surface area contributed by atoms with Crippen molar-refractivity contribution < 1.29 is 23.1 Å². The summed E-state index contributed by atoms with van der Waals surface area (Å²) in [6.45, 7) is 0.880. The van der Waals surface area contributed by atoms with Crippen LogP contribution in [0.5, 0.6) is 0 Å². The van der Waals surface area contributed by atoms with Gasteiger partial charge in [-0.1, -0.05) is 0 Å². The lowest BCUT2D eigenvalue weighted by atomic mass is 10.1. The van der Waals surface area contributed by atoms with Crippen LogP contribution in [-0.4, -0.2) is 59.8 Å². The smallest absolute Gasteiger partial charge is 0.305 e. The van der Waals surface area contributed by atoms with Crippen molar-refractivity contribution in [3.63, 3.8) is 0 Å². The number of nitrogens with one attached hydrogen (secondary N) is 1. The molecule has 0 aromatic carbocycles. The maximum atomic E-state index is 12.2. The van der Waals surface area contributed by atoms with Gasteiger partial charge in [-0.3, -0.25) is 9.89 Å². The van der Waals surface area contributed by atoms with E-state index >= 15 is 0 Å². The van der Waals surface area contributed by atoms with Crippen LogP contribution in [0.2, 0.25) is 0 Å². The van der Waals surface area contributed by atoms with Crippen molar-refractivity contribution in [2.75, 3.05) is 19.7 Å². The molecule has 0 atom stereocenters. The minimum atomic E-state index is -3.51. The summed E-state index contributed by atoms with van der Waals surface area (Å²) in [6.07, 6.45) is 2.41. The summed E-state index contributed by atoms with van der Waals surface area (Å²) in [7, 11) is -3.51. The molecule has 1 fully saturated rings. The molecule has 8 nitrogen and oxygen atoms in total. The van der Waals surface area contributed by atoms with Crippen LogP contribution >= 0.6 is 0 Å². The number of carboxylic acid groups (broad SMARTS) is 1. The van der Waals surface area contributed by atoms with Crippen LogP contribution in [0.4, 0.5) is 0 Å². The minimum Gasteiger partial charge on any atom is -0.481 e.